The van der Waals surface area contributed by atoms with Crippen LogP contribution in [0.5, 0.6) is 0 Å². The Hall–Kier alpha value is -1.79. The second-order valence-electron chi connectivity index (χ2n) is 8.57. The molecule has 1 aliphatic rings. The van der Waals surface area contributed by atoms with Crippen molar-refractivity contribution in [2.75, 3.05) is 13.1 Å². The van der Waals surface area contributed by atoms with Crippen LogP contribution in [0.3, 0.4) is 0 Å². The second-order valence-corrected chi connectivity index (χ2v) is 9.01. The van der Waals surface area contributed by atoms with Crippen LogP contribution in [0.1, 0.15) is 58.6 Å². The molecular formula is C21H31ClN4O2. The molecule has 154 valence electrons. The van der Waals surface area contributed by atoms with E-state index in [1.54, 1.807) is 6.20 Å². The van der Waals surface area contributed by atoms with Gasteiger partial charge in [-0.25, -0.2) is 4.79 Å². The largest absolute Gasteiger partial charge is 0.388 e. The number of hydrogen-bond donors (Lipinski definition) is 3. The molecule has 0 unspecified atom stereocenters. The number of nitrogens with one attached hydrogen (secondary N) is 2. The van der Waals surface area contributed by atoms with Gasteiger partial charge in [0.15, 0.2) is 0 Å². The molecule has 3 N–H and O–H groups in total. The van der Waals surface area contributed by atoms with Gasteiger partial charge < -0.3 is 15.3 Å². The van der Waals surface area contributed by atoms with E-state index in [9.17, 15) is 9.90 Å². The molecule has 28 heavy (non-hydrogen) atoms. The monoisotopic (exact) mass is 406 g/mol. The lowest BCUT2D eigenvalue weighted by Crippen LogP contribution is -2.49. The molecule has 0 spiro atoms. The van der Waals surface area contributed by atoms with Crippen molar-refractivity contribution in [1.82, 2.24) is 20.4 Å². The van der Waals surface area contributed by atoms with Gasteiger partial charge in [0.1, 0.15) is 0 Å². The van der Waals surface area contributed by atoms with E-state index in [-0.39, 0.29) is 17.5 Å². The quantitative estimate of drug-likeness (QED) is 0.683. The Labute approximate surface area is 171 Å². The number of hydrogen-bond acceptors (Lipinski definition) is 3. The molecule has 6 nitrogen and oxygen atoms in total. The molecule has 2 heterocycles. The number of aromatic amines is 1. The summed E-state index contributed by atoms with van der Waals surface area (Å²) in [6, 6.07) is 3.87. The summed E-state index contributed by atoms with van der Waals surface area (Å²) in [4.78, 5) is 14.3. The molecule has 1 fully saturated rings. The van der Waals surface area contributed by atoms with Crippen molar-refractivity contribution in [3.05, 3.63) is 28.9 Å². The summed E-state index contributed by atoms with van der Waals surface area (Å²) in [6.07, 6.45) is 3.69. The Morgan fingerprint density at radius 1 is 1.43 bits per heavy atom. The van der Waals surface area contributed by atoms with E-state index < -0.39 is 6.10 Å². The highest BCUT2D eigenvalue weighted by Gasteiger charge is 2.40. The lowest BCUT2D eigenvalue weighted by molar-refractivity contribution is -0.0144. The van der Waals surface area contributed by atoms with Crippen molar-refractivity contribution in [3.8, 4) is 0 Å². The molecule has 2 aromatic rings. The highest BCUT2D eigenvalue weighted by Crippen LogP contribution is 2.46. The maximum atomic E-state index is 12.4. The summed E-state index contributed by atoms with van der Waals surface area (Å²) >= 11 is 6.26. The number of carbonyl (C=O) groups is 1. The van der Waals surface area contributed by atoms with Crippen LogP contribution >= 0.6 is 11.6 Å². The maximum absolute atomic E-state index is 12.4. The number of urea groups is 1. The molecule has 1 saturated heterocycles. The Balaban J connectivity index is 1.71. The van der Waals surface area contributed by atoms with Gasteiger partial charge in [0, 0.05) is 35.1 Å². The normalized spacial score (nSPS) is 18.3. The minimum Gasteiger partial charge on any atom is -0.388 e. The van der Waals surface area contributed by atoms with Crippen LogP contribution in [0, 0.1) is 11.3 Å². The van der Waals surface area contributed by atoms with E-state index in [0.717, 1.165) is 35.7 Å². The number of carbonyl (C=O) groups excluding carboxylic acids is 1. The van der Waals surface area contributed by atoms with Gasteiger partial charge in [0.25, 0.3) is 0 Å². The van der Waals surface area contributed by atoms with E-state index in [4.69, 9.17) is 11.6 Å². The summed E-state index contributed by atoms with van der Waals surface area (Å²) < 4.78 is 0. The summed E-state index contributed by atoms with van der Waals surface area (Å²) in [5.41, 5.74) is 1.25. The van der Waals surface area contributed by atoms with E-state index in [0.29, 0.717) is 24.0 Å². The first-order valence-corrected chi connectivity index (χ1v) is 10.5. The average molecular weight is 407 g/mol. The highest BCUT2D eigenvalue weighted by atomic mass is 35.5. The first-order valence-electron chi connectivity index (χ1n) is 10.1. The van der Waals surface area contributed by atoms with Crippen molar-refractivity contribution >= 4 is 28.5 Å². The number of fused-ring (bicyclic) bond motifs is 1. The lowest BCUT2D eigenvalue weighted by Gasteiger charge is -2.43. The summed E-state index contributed by atoms with van der Waals surface area (Å²) in [5, 5.41) is 22.9. The second kappa shape index (κ2) is 8.29. The number of halogens is 1. The molecule has 2 amide bonds. The van der Waals surface area contributed by atoms with Gasteiger partial charge in [0.05, 0.1) is 17.8 Å². The van der Waals surface area contributed by atoms with Crippen LogP contribution in [0.15, 0.2) is 18.3 Å². The molecule has 0 radical (unpaired) electrons. The van der Waals surface area contributed by atoms with Gasteiger partial charge in [0.2, 0.25) is 0 Å². The fourth-order valence-corrected chi connectivity index (χ4v) is 4.35. The van der Waals surface area contributed by atoms with Gasteiger partial charge in [-0.1, -0.05) is 32.4 Å². The fraction of sp³-hybridized carbons (Fsp3) is 0.619. The molecule has 3 rings (SSSR count). The Bertz CT molecular complexity index is 827. The van der Waals surface area contributed by atoms with Crippen molar-refractivity contribution in [2.45, 2.75) is 59.1 Å². The number of nitrogens with zero attached hydrogens (tertiary/aromatic N) is 2. The van der Waals surface area contributed by atoms with E-state index >= 15 is 0 Å². The molecule has 7 heteroatoms. The van der Waals surface area contributed by atoms with Crippen LogP contribution in [-0.4, -0.2) is 45.4 Å². The summed E-state index contributed by atoms with van der Waals surface area (Å²) in [6.45, 7) is 9.69. The number of benzene rings is 1. The van der Waals surface area contributed by atoms with Crippen LogP contribution in [-0.2, 0) is 0 Å². The molecule has 1 aromatic heterocycles. The molecular weight excluding hydrogens is 376 g/mol. The molecule has 0 saturated carbocycles. The van der Waals surface area contributed by atoms with Crippen LogP contribution < -0.4 is 5.32 Å². The summed E-state index contributed by atoms with van der Waals surface area (Å²) in [7, 11) is 0. The van der Waals surface area contributed by atoms with Crippen molar-refractivity contribution in [2.24, 2.45) is 11.3 Å². The van der Waals surface area contributed by atoms with Gasteiger partial charge in [-0.15, -0.1) is 0 Å². The Morgan fingerprint density at radius 2 is 2.11 bits per heavy atom. The predicted octanol–water partition coefficient (Wildman–Crippen LogP) is 4.50. The highest BCUT2D eigenvalue weighted by molar-refractivity contribution is 6.31. The van der Waals surface area contributed by atoms with E-state index in [1.165, 1.54) is 0 Å². The number of aliphatic hydroxyl groups excluding tert-OH is 1. The molecule has 0 aliphatic carbocycles. The zero-order chi connectivity index (χ0) is 20.5. The minimum absolute atomic E-state index is 0.0140. The number of rotatable bonds is 5. The number of amides is 2. The molecule has 1 aliphatic heterocycles. The number of aromatic nitrogens is 2. The van der Waals surface area contributed by atoms with Gasteiger partial charge in [-0.05, 0) is 49.7 Å². The average Bonchev–Trinajstić information content (AvgIpc) is 3.14. The zero-order valence-corrected chi connectivity index (χ0v) is 17.9. The smallest absolute Gasteiger partial charge is 0.317 e. The number of H-pyrrole nitrogens is 1. The van der Waals surface area contributed by atoms with Crippen LogP contribution in [0.4, 0.5) is 4.79 Å². The van der Waals surface area contributed by atoms with Gasteiger partial charge in [-0.3, -0.25) is 5.10 Å². The Morgan fingerprint density at radius 3 is 2.75 bits per heavy atom. The number of likely N-dealkylation sites (tertiary alicyclic amines) is 1. The van der Waals surface area contributed by atoms with Crippen LogP contribution in [0.2, 0.25) is 5.02 Å². The van der Waals surface area contributed by atoms with E-state index in [1.807, 2.05) is 24.0 Å². The zero-order valence-electron chi connectivity index (χ0n) is 17.1. The number of piperidine rings is 1. The van der Waals surface area contributed by atoms with Crippen LogP contribution in [0.25, 0.3) is 10.9 Å². The third kappa shape index (κ3) is 4.13. The van der Waals surface area contributed by atoms with Crippen molar-refractivity contribution in [3.63, 3.8) is 0 Å². The van der Waals surface area contributed by atoms with Gasteiger partial charge in [-0.2, -0.15) is 5.10 Å². The van der Waals surface area contributed by atoms with E-state index in [2.05, 4.69) is 36.3 Å². The lowest BCUT2D eigenvalue weighted by atomic mass is 9.68. The SMILES string of the molecule is CC[C@@H](C)NC(=O)N1CCC(C(C)(C)[C@H](O)c2cc(Cl)cc3cn[nH]c23)CC1. The fourth-order valence-electron chi connectivity index (χ4n) is 4.12. The topological polar surface area (TPSA) is 81.2 Å². The maximum Gasteiger partial charge on any atom is 0.317 e. The first kappa shape index (κ1) is 20.9. The van der Waals surface area contributed by atoms with Crippen molar-refractivity contribution < 1.29 is 9.90 Å². The van der Waals surface area contributed by atoms with Crippen molar-refractivity contribution in [1.29, 1.82) is 0 Å². The third-order valence-corrected chi connectivity index (χ3v) is 6.58. The standard InChI is InChI=1S/C21H31ClN4O2/c1-5-13(2)24-20(28)26-8-6-15(7-9-26)21(3,4)19(27)17-11-16(22)10-14-12-23-25-18(14)17/h10-13,15,19,27H,5-9H2,1-4H3,(H,23,25)(H,24,28)/t13-,19-/m1/s1. The third-order valence-electron chi connectivity index (χ3n) is 6.36. The first-order chi connectivity index (χ1) is 13.2. The minimum atomic E-state index is -0.681. The molecule has 0 bridgehead atoms. The van der Waals surface area contributed by atoms with Gasteiger partial charge >= 0.3 is 6.03 Å². The predicted molar refractivity (Wildman–Crippen MR) is 112 cm³/mol. The molecule has 2 atom stereocenters. The molecule has 1 aromatic carbocycles. The summed E-state index contributed by atoms with van der Waals surface area (Å²) in [5.74, 6) is 0.298. The Kier molecular flexibility index (Phi) is 6.20. The number of aliphatic hydroxyl groups is 1.